The molecule has 9 heteroatoms. The van der Waals surface area contributed by atoms with Crippen molar-refractivity contribution in [1.29, 1.82) is 0 Å². The van der Waals surface area contributed by atoms with Gasteiger partial charge in [0, 0.05) is 29.7 Å². The van der Waals surface area contributed by atoms with Crippen LogP contribution in [0, 0.1) is 6.92 Å². The summed E-state index contributed by atoms with van der Waals surface area (Å²) in [5.41, 5.74) is 2.58. The zero-order chi connectivity index (χ0) is 25.4. The number of rotatable bonds is 7. The van der Waals surface area contributed by atoms with Crippen LogP contribution in [0.2, 0.25) is 0 Å². The number of nitrogens with zero attached hydrogens (tertiary/aromatic N) is 1. The summed E-state index contributed by atoms with van der Waals surface area (Å²) in [6.07, 6.45) is 0. The summed E-state index contributed by atoms with van der Waals surface area (Å²) in [7, 11) is -4.09. The molecule has 0 bridgehead atoms. The summed E-state index contributed by atoms with van der Waals surface area (Å²) in [5, 5.41) is 0.800. The molecule has 1 aliphatic rings. The minimum atomic E-state index is -4.09. The molecule has 0 aliphatic carbocycles. The minimum Gasteiger partial charge on any atom is -0.454 e. The van der Waals surface area contributed by atoms with E-state index in [9.17, 15) is 18.0 Å². The highest BCUT2D eigenvalue weighted by Crippen LogP contribution is 2.33. The van der Waals surface area contributed by atoms with Crippen molar-refractivity contribution in [3.63, 3.8) is 0 Å². The molecule has 8 nitrogen and oxygen atoms in total. The van der Waals surface area contributed by atoms with Gasteiger partial charge >= 0.3 is 0 Å². The molecule has 3 aromatic carbocycles. The van der Waals surface area contributed by atoms with Gasteiger partial charge in [0.05, 0.1) is 4.90 Å². The Balaban J connectivity index is 1.57. The second kappa shape index (κ2) is 9.25. The molecule has 0 fully saturated rings. The molecule has 2 heterocycles. The molecule has 1 aromatic heterocycles. The van der Waals surface area contributed by atoms with E-state index in [1.165, 1.54) is 29.4 Å². The van der Waals surface area contributed by atoms with Gasteiger partial charge in [0.1, 0.15) is 0 Å². The Hall–Kier alpha value is -3.95. The van der Waals surface area contributed by atoms with Crippen molar-refractivity contribution in [2.24, 2.45) is 0 Å². The summed E-state index contributed by atoms with van der Waals surface area (Å²) in [6, 6.07) is 18.5. The molecule has 1 aliphatic heterocycles. The van der Waals surface area contributed by atoms with E-state index in [1.807, 2.05) is 25.1 Å². The first kappa shape index (κ1) is 23.8. The van der Waals surface area contributed by atoms with E-state index < -0.39 is 10.0 Å². The molecule has 0 amide bonds. The van der Waals surface area contributed by atoms with E-state index >= 15 is 0 Å². The van der Waals surface area contributed by atoms with Crippen LogP contribution in [0.25, 0.3) is 10.9 Å². The second-order valence-corrected chi connectivity index (χ2v) is 10.7. The van der Waals surface area contributed by atoms with Gasteiger partial charge in [-0.3, -0.25) is 9.59 Å². The predicted octanol–water partition coefficient (Wildman–Crippen LogP) is 4.16. The number of sulfonamides is 1. The Bertz CT molecular complexity index is 1660. The van der Waals surface area contributed by atoms with Gasteiger partial charge < -0.3 is 14.5 Å². The van der Waals surface area contributed by atoms with E-state index in [-0.39, 0.29) is 41.7 Å². The Labute approximate surface area is 208 Å². The van der Waals surface area contributed by atoms with Crippen LogP contribution in [0.5, 0.6) is 11.5 Å². The number of nitrogens with one attached hydrogen (secondary N) is 1. The number of aromatic amines is 1. The molecule has 0 atom stereocenters. The lowest BCUT2D eigenvalue weighted by atomic mass is 10.1. The smallest absolute Gasteiger partial charge is 0.252 e. The zero-order valence-electron chi connectivity index (χ0n) is 19.8. The lowest BCUT2D eigenvalue weighted by molar-refractivity contribution is 0.101. The molecular formula is C27H24N2O6S. The maximum absolute atomic E-state index is 13.8. The normalized spacial score (nSPS) is 12.9. The topological polar surface area (TPSA) is 106 Å². The number of pyridine rings is 1. The van der Waals surface area contributed by atoms with Crippen LogP contribution >= 0.6 is 0 Å². The fraction of sp³-hybridized carbons (Fsp3) is 0.185. The largest absolute Gasteiger partial charge is 0.454 e. The van der Waals surface area contributed by atoms with Crippen LogP contribution in [0.15, 0.2) is 76.4 Å². The van der Waals surface area contributed by atoms with Crippen LogP contribution in [0.4, 0.5) is 0 Å². The van der Waals surface area contributed by atoms with Crippen LogP contribution in [-0.2, 0) is 23.1 Å². The number of carbonyl (C=O) groups excluding carboxylic acids is 1. The van der Waals surface area contributed by atoms with Crippen LogP contribution in [0.3, 0.4) is 0 Å². The summed E-state index contributed by atoms with van der Waals surface area (Å²) in [4.78, 5) is 27.7. The molecule has 0 radical (unpaired) electrons. The third kappa shape index (κ3) is 4.62. The van der Waals surface area contributed by atoms with E-state index in [0.717, 1.165) is 10.9 Å². The van der Waals surface area contributed by atoms with Crippen molar-refractivity contribution in [1.82, 2.24) is 9.29 Å². The van der Waals surface area contributed by atoms with E-state index in [2.05, 4.69) is 4.98 Å². The molecule has 4 aromatic rings. The molecule has 0 saturated heterocycles. The highest BCUT2D eigenvalue weighted by molar-refractivity contribution is 7.89. The summed E-state index contributed by atoms with van der Waals surface area (Å²) >= 11 is 0. The molecule has 0 saturated carbocycles. The maximum atomic E-state index is 13.8. The highest BCUT2D eigenvalue weighted by atomic mass is 32.2. The maximum Gasteiger partial charge on any atom is 0.252 e. The minimum absolute atomic E-state index is 0.0192. The third-order valence-electron chi connectivity index (χ3n) is 6.10. The molecule has 5 rings (SSSR count). The number of aromatic nitrogens is 1. The van der Waals surface area contributed by atoms with E-state index in [4.69, 9.17) is 9.47 Å². The van der Waals surface area contributed by atoms with Gasteiger partial charge in [-0.2, -0.15) is 4.31 Å². The Morgan fingerprint density at radius 1 is 0.972 bits per heavy atom. The zero-order valence-corrected chi connectivity index (χ0v) is 20.6. The molecular weight excluding hydrogens is 480 g/mol. The van der Waals surface area contributed by atoms with Crippen molar-refractivity contribution in [2.75, 3.05) is 6.79 Å². The first-order valence-electron chi connectivity index (χ1n) is 11.3. The average molecular weight is 505 g/mol. The van der Waals surface area contributed by atoms with Gasteiger partial charge in [-0.25, -0.2) is 8.42 Å². The summed E-state index contributed by atoms with van der Waals surface area (Å²) < 4.78 is 39.7. The lowest BCUT2D eigenvalue weighted by Gasteiger charge is -2.23. The van der Waals surface area contributed by atoms with Crippen molar-refractivity contribution in [3.05, 3.63) is 99.3 Å². The number of hydrogen-bond donors (Lipinski definition) is 1. The Kier molecular flexibility index (Phi) is 6.11. The third-order valence-corrected chi connectivity index (χ3v) is 7.89. The number of carbonyl (C=O) groups is 1. The Morgan fingerprint density at radius 2 is 1.78 bits per heavy atom. The first-order valence-corrected chi connectivity index (χ1v) is 12.8. The average Bonchev–Trinajstić information content (AvgIpc) is 3.32. The number of ether oxygens (including phenoxy) is 2. The van der Waals surface area contributed by atoms with Crippen molar-refractivity contribution >= 4 is 26.7 Å². The van der Waals surface area contributed by atoms with Crippen LogP contribution in [-0.4, -0.2) is 30.3 Å². The van der Waals surface area contributed by atoms with E-state index in [1.54, 1.807) is 30.3 Å². The molecule has 0 spiro atoms. The fourth-order valence-electron chi connectivity index (χ4n) is 4.16. The molecule has 0 unspecified atom stereocenters. The monoisotopic (exact) mass is 504 g/mol. The van der Waals surface area contributed by atoms with Gasteiger partial charge in [0.2, 0.25) is 16.8 Å². The van der Waals surface area contributed by atoms with Crippen LogP contribution < -0.4 is 15.0 Å². The standard InChI is InChI=1S/C27H24N2O6S/c1-17-6-8-21-12-22(27(31)28-24(21)10-17)15-29(14-19-7-9-25-26(11-19)35-16-34-25)36(32,33)23-5-3-4-20(13-23)18(2)30/h3-13H,14-16H2,1-2H3,(H,28,31). The van der Waals surface area contributed by atoms with Crippen molar-refractivity contribution < 1.29 is 22.7 Å². The molecule has 184 valence electrons. The van der Waals surface area contributed by atoms with Crippen molar-refractivity contribution in [2.45, 2.75) is 31.8 Å². The van der Waals surface area contributed by atoms with Gasteiger partial charge in [-0.1, -0.05) is 30.3 Å². The number of benzene rings is 3. The number of aryl methyl sites for hydroxylation is 1. The fourth-order valence-corrected chi connectivity index (χ4v) is 5.61. The molecule has 36 heavy (non-hydrogen) atoms. The van der Waals surface area contributed by atoms with E-state index in [0.29, 0.717) is 28.1 Å². The van der Waals surface area contributed by atoms with Crippen LogP contribution in [0.1, 0.15) is 34.0 Å². The molecule has 1 N–H and O–H groups in total. The highest BCUT2D eigenvalue weighted by Gasteiger charge is 2.27. The van der Waals surface area contributed by atoms with Gasteiger partial charge in [-0.15, -0.1) is 0 Å². The van der Waals surface area contributed by atoms with Gasteiger partial charge in [-0.05, 0) is 66.8 Å². The number of hydrogen-bond acceptors (Lipinski definition) is 6. The first-order chi connectivity index (χ1) is 17.2. The number of Topliss-reactive ketones (excluding diaryl/α,β-unsaturated/α-hetero) is 1. The quantitative estimate of drug-likeness (QED) is 0.379. The number of fused-ring (bicyclic) bond motifs is 2. The van der Waals surface area contributed by atoms with Gasteiger partial charge in [0.25, 0.3) is 5.56 Å². The second-order valence-electron chi connectivity index (χ2n) is 8.76. The van der Waals surface area contributed by atoms with Crippen molar-refractivity contribution in [3.8, 4) is 11.5 Å². The van der Waals surface area contributed by atoms with Gasteiger partial charge in [0.15, 0.2) is 17.3 Å². The Morgan fingerprint density at radius 3 is 2.58 bits per heavy atom. The predicted molar refractivity (Wildman–Crippen MR) is 135 cm³/mol. The lowest BCUT2D eigenvalue weighted by Crippen LogP contribution is -2.32. The number of H-pyrrole nitrogens is 1. The summed E-state index contributed by atoms with van der Waals surface area (Å²) in [5.74, 6) is 0.876. The summed E-state index contributed by atoms with van der Waals surface area (Å²) in [6.45, 7) is 3.23. The SMILES string of the molecule is CC(=O)c1cccc(S(=O)(=O)N(Cc2ccc3c(c2)OCO3)Cc2cc3ccc(C)cc3[nH]c2=O)c1. The number of ketones is 1.